The molecule has 3 aromatic heterocycles. The predicted molar refractivity (Wildman–Crippen MR) is 135 cm³/mol. The van der Waals surface area contributed by atoms with Gasteiger partial charge in [-0.15, -0.1) is 0 Å². The first-order valence-electron chi connectivity index (χ1n) is 8.70. The van der Waals surface area contributed by atoms with Crippen LogP contribution >= 0.6 is 69.2 Å². The Bertz CT molecular complexity index is 1410. The third-order valence-electron chi connectivity index (χ3n) is 3.94. The number of aromatic nitrogens is 5. The molecule has 0 aliphatic heterocycles. The first kappa shape index (κ1) is 25.9. The van der Waals surface area contributed by atoms with Crippen LogP contribution in [0.5, 0.6) is 0 Å². The Balaban J connectivity index is 2.13. The van der Waals surface area contributed by atoms with E-state index in [1.807, 2.05) is 0 Å². The van der Waals surface area contributed by atoms with Crippen LogP contribution in [0.15, 0.2) is 16.6 Å². The van der Waals surface area contributed by atoms with Crippen molar-refractivity contribution in [1.29, 1.82) is 0 Å². The number of allylic oxidation sites excluding steroid dienone is 5. The largest absolute Gasteiger partial charge is 0.375 e. The smallest absolute Gasteiger partial charge is 0.239 e. The molecular weight excluding hydrogens is 567 g/mol. The van der Waals surface area contributed by atoms with Crippen molar-refractivity contribution in [1.82, 2.24) is 23.7 Å². The molecule has 0 atom stereocenters. The molecule has 0 radical (unpaired) electrons. The molecule has 0 amide bonds. The normalized spacial score (nSPS) is 13.1. The Morgan fingerprint density at radius 2 is 1.44 bits per heavy atom. The summed E-state index contributed by atoms with van der Waals surface area (Å²) in [7, 11) is 0. The van der Waals surface area contributed by atoms with Crippen LogP contribution in [0, 0.1) is 0 Å². The van der Waals surface area contributed by atoms with Crippen LogP contribution in [0.25, 0.3) is 16.7 Å². The summed E-state index contributed by atoms with van der Waals surface area (Å²) in [5, 5.41) is -0.551. The second kappa shape index (κ2) is 10.7. The fourth-order valence-electron chi connectivity index (χ4n) is 2.50. The van der Waals surface area contributed by atoms with E-state index in [1.54, 1.807) is 0 Å². The van der Waals surface area contributed by atoms with Gasteiger partial charge in [0.1, 0.15) is 15.1 Å². The fraction of sp³-hybridized carbons (Fsp3) is 0.0588. The van der Waals surface area contributed by atoms with Gasteiger partial charge in [0, 0.05) is 28.6 Å². The van der Waals surface area contributed by atoms with E-state index in [1.165, 1.54) is 13.0 Å². The van der Waals surface area contributed by atoms with Gasteiger partial charge in [0.2, 0.25) is 17.3 Å². The molecule has 3 aromatic rings. The van der Waals surface area contributed by atoms with Crippen molar-refractivity contribution < 1.29 is 14.4 Å². The van der Waals surface area contributed by atoms with Gasteiger partial charge in [0.05, 0.1) is 16.7 Å². The van der Waals surface area contributed by atoms with Crippen molar-refractivity contribution in [3.8, 4) is 0 Å². The highest BCUT2D eigenvalue weighted by molar-refractivity contribution is 7.19. The molecule has 0 fully saturated rings. The number of rotatable bonds is 8. The summed E-state index contributed by atoms with van der Waals surface area (Å²) in [5.41, 5.74) is 16.5. The molecule has 0 aliphatic carbocycles. The molecule has 0 unspecified atom stereocenters. The highest BCUT2D eigenvalue weighted by Gasteiger charge is 2.34. The Kier molecular flexibility index (Phi) is 8.12. The quantitative estimate of drug-likeness (QED) is 0.262. The third kappa shape index (κ3) is 5.16. The lowest BCUT2D eigenvalue weighted by Gasteiger charge is -2.08. The summed E-state index contributed by atoms with van der Waals surface area (Å²) < 4.78 is 7.92. The highest BCUT2D eigenvalue weighted by Crippen LogP contribution is 2.34. The maximum atomic E-state index is 13.3. The summed E-state index contributed by atoms with van der Waals surface area (Å²) >= 11 is 20.7. The number of nitrogens with two attached hydrogens (primary N) is 3. The second-order valence-electron chi connectivity index (χ2n) is 5.99. The molecule has 176 valence electrons. The zero-order valence-electron chi connectivity index (χ0n) is 16.7. The number of carbonyl (C=O) groups is 3. The van der Waals surface area contributed by atoms with E-state index in [2.05, 4.69) is 23.7 Å². The maximum absolute atomic E-state index is 13.3. The minimum atomic E-state index is -1.26. The topological polar surface area (TPSA) is 194 Å². The number of anilines is 3. The van der Waals surface area contributed by atoms with Crippen molar-refractivity contribution in [3.63, 3.8) is 0 Å². The van der Waals surface area contributed by atoms with Crippen LogP contribution in [0.2, 0.25) is 4.34 Å². The molecular formula is C17H11Cl3N8O3S3. The van der Waals surface area contributed by atoms with Crippen LogP contribution in [-0.2, 0) is 14.4 Å². The molecule has 0 aliphatic rings. The standard InChI is InChI=1S/C17H11Cl3N8O3S3/c1-2-4(13-25-16(22)33-27-13)9(29)7(19)6(14-26-17(23)34-28-14)11(31)10(30)5(3-18)8-12(20)32-15(21)24-8/h2-3H,1H3,(H2,21,24)(H2,22,25,27)(H2,23,26,28). The van der Waals surface area contributed by atoms with Gasteiger partial charge >= 0.3 is 0 Å². The molecule has 11 nitrogen and oxygen atoms in total. The number of halogens is 3. The summed E-state index contributed by atoms with van der Waals surface area (Å²) in [6, 6.07) is 0. The van der Waals surface area contributed by atoms with Crippen LogP contribution in [0.4, 0.5) is 15.4 Å². The fourth-order valence-corrected chi connectivity index (χ4v) is 4.82. The van der Waals surface area contributed by atoms with Crippen LogP contribution in [-0.4, -0.2) is 41.0 Å². The molecule has 34 heavy (non-hydrogen) atoms. The van der Waals surface area contributed by atoms with Crippen LogP contribution in [0.3, 0.4) is 0 Å². The highest BCUT2D eigenvalue weighted by atomic mass is 35.5. The lowest BCUT2D eigenvalue weighted by atomic mass is 9.97. The summed E-state index contributed by atoms with van der Waals surface area (Å²) in [6.07, 6.45) is 1.38. The van der Waals surface area contributed by atoms with E-state index in [0.29, 0.717) is 0 Å². The lowest BCUT2D eigenvalue weighted by molar-refractivity contribution is -0.129. The number of Topliss-reactive ketones (excluding diaryl/α,β-unsaturated/α-hetero) is 3. The molecule has 0 saturated carbocycles. The number of nitrogen functional groups attached to an aromatic ring is 3. The first-order chi connectivity index (χ1) is 16.1. The van der Waals surface area contributed by atoms with Gasteiger partial charge < -0.3 is 17.2 Å². The van der Waals surface area contributed by atoms with E-state index in [9.17, 15) is 14.4 Å². The first-order valence-corrected chi connectivity index (χ1v) is 12.3. The van der Waals surface area contributed by atoms with E-state index in [0.717, 1.165) is 39.9 Å². The van der Waals surface area contributed by atoms with E-state index in [4.69, 9.17) is 52.0 Å². The average molecular weight is 578 g/mol. The molecule has 0 saturated heterocycles. The van der Waals surface area contributed by atoms with Gasteiger partial charge in [-0.1, -0.05) is 52.2 Å². The number of hydrogen-bond donors (Lipinski definition) is 3. The Morgan fingerprint density at radius 3 is 1.88 bits per heavy atom. The molecule has 0 bridgehead atoms. The summed E-state index contributed by atoms with van der Waals surface area (Å²) in [5.74, 6) is -3.67. The Labute approximate surface area is 218 Å². The predicted octanol–water partition coefficient (Wildman–Crippen LogP) is 3.29. The Morgan fingerprint density at radius 1 is 0.853 bits per heavy atom. The van der Waals surface area contributed by atoms with E-state index in [-0.39, 0.29) is 48.2 Å². The zero-order chi connectivity index (χ0) is 25.2. The molecule has 0 spiro atoms. The van der Waals surface area contributed by atoms with Gasteiger partial charge in [0.25, 0.3) is 0 Å². The monoisotopic (exact) mass is 576 g/mol. The van der Waals surface area contributed by atoms with Gasteiger partial charge in [-0.3, -0.25) is 14.4 Å². The van der Waals surface area contributed by atoms with Gasteiger partial charge in [0.15, 0.2) is 27.0 Å². The van der Waals surface area contributed by atoms with Crippen LogP contribution < -0.4 is 17.2 Å². The van der Waals surface area contributed by atoms with Crippen molar-refractivity contribution in [2.45, 2.75) is 6.92 Å². The molecule has 0 aromatic carbocycles. The molecule has 3 rings (SSSR count). The maximum Gasteiger partial charge on any atom is 0.239 e. The van der Waals surface area contributed by atoms with Crippen molar-refractivity contribution in [2.75, 3.05) is 17.2 Å². The number of ketones is 3. The summed E-state index contributed by atoms with van der Waals surface area (Å²) in [4.78, 5) is 51.4. The zero-order valence-corrected chi connectivity index (χ0v) is 21.4. The lowest BCUT2D eigenvalue weighted by Crippen LogP contribution is -2.21. The van der Waals surface area contributed by atoms with E-state index >= 15 is 0 Å². The van der Waals surface area contributed by atoms with Gasteiger partial charge in [-0.2, -0.15) is 18.7 Å². The number of nitrogens with zero attached hydrogens (tertiary/aromatic N) is 5. The minimum Gasteiger partial charge on any atom is -0.375 e. The number of carbonyl (C=O) groups excluding carboxylic acids is 3. The minimum absolute atomic E-state index is 0.0110. The average Bonchev–Trinajstić information content (AvgIpc) is 3.49. The van der Waals surface area contributed by atoms with Crippen molar-refractivity contribution >= 4 is 119 Å². The van der Waals surface area contributed by atoms with Gasteiger partial charge in [-0.05, 0) is 6.92 Å². The Hall–Kier alpha value is -2.75. The molecule has 17 heteroatoms. The third-order valence-corrected chi connectivity index (χ3v) is 6.69. The van der Waals surface area contributed by atoms with Gasteiger partial charge in [-0.25, -0.2) is 4.98 Å². The number of hydrogen-bond acceptors (Lipinski definition) is 14. The van der Waals surface area contributed by atoms with Crippen molar-refractivity contribution in [3.05, 3.63) is 38.3 Å². The summed E-state index contributed by atoms with van der Waals surface area (Å²) in [6.45, 7) is 1.53. The number of thiazole rings is 1. The SMILES string of the molecule is CC=C(C(=O)C(Cl)=C(C(=O)C(=O)C(=CCl)c1nc(N)sc1Cl)c1nsc(N)n1)c1nsc(N)n1. The van der Waals surface area contributed by atoms with Crippen molar-refractivity contribution in [2.24, 2.45) is 0 Å². The molecule has 3 heterocycles. The second-order valence-corrected chi connectivity index (χ2v) is 9.78. The van der Waals surface area contributed by atoms with E-state index < -0.39 is 28.0 Å². The molecule has 6 N–H and O–H groups in total. The van der Waals surface area contributed by atoms with Crippen LogP contribution in [0.1, 0.15) is 24.3 Å².